The lowest BCUT2D eigenvalue weighted by Gasteiger charge is -2.30. The molecule has 152 valence electrons. The summed E-state index contributed by atoms with van der Waals surface area (Å²) in [5, 5.41) is 12.0. The van der Waals surface area contributed by atoms with Crippen LogP contribution in [0.4, 0.5) is 5.95 Å². The van der Waals surface area contributed by atoms with Gasteiger partial charge in [0.25, 0.3) is 5.91 Å². The number of methoxy groups -OCH3 is 1. The molecule has 0 aliphatic carbocycles. The SMILES string of the molecule is COc1ccc(C(=O)Nc2nc3n(n2)C(C)C(c2c(C)nn(C)c2C)CC3)cc1. The Morgan fingerprint density at radius 3 is 2.55 bits per heavy atom. The number of carbonyl (C=O) groups excluding carboxylic acids is 1. The zero-order valence-electron chi connectivity index (χ0n) is 17.4. The molecule has 3 heterocycles. The first-order valence-electron chi connectivity index (χ1n) is 9.80. The van der Waals surface area contributed by atoms with Crippen molar-refractivity contribution in [2.45, 2.75) is 45.6 Å². The standard InChI is InChI=1S/C21H26N6O2/c1-12-19(14(3)26(4)24-12)17-10-11-18-22-21(25-27(18)13(17)2)23-20(28)15-6-8-16(29-5)9-7-15/h6-9,13,17H,10-11H2,1-5H3,(H,23,25,28). The number of nitrogens with zero attached hydrogens (tertiary/aromatic N) is 5. The summed E-state index contributed by atoms with van der Waals surface area (Å²) in [4.78, 5) is 17.1. The maximum atomic E-state index is 12.5. The van der Waals surface area contributed by atoms with Gasteiger partial charge in [0.15, 0.2) is 0 Å². The van der Waals surface area contributed by atoms with Crippen molar-refractivity contribution >= 4 is 11.9 Å². The highest BCUT2D eigenvalue weighted by Gasteiger charge is 2.33. The summed E-state index contributed by atoms with van der Waals surface area (Å²) in [5.74, 6) is 2.03. The number of aryl methyl sites for hydroxylation is 3. The van der Waals surface area contributed by atoms with Gasteiger partial charge in [0.2, 0.25) is 5.95 Å². The van der Waals surface area contributed by atoms with Crippen molar-refractivity contribution in [3.63, 3.8) is 0 Å². The molecule has 2 atom stereocenters. The minimum absolute atomic E-state index is 0.138. The van der Waals surface area contributed by atoms with Crippen molar-refractivity contribution in [1.82, 2.24) is 24.5 Å². The molecular weight excluding hydrogens is 368 g/mol. The molecule has 0 spiro atoms. The number of anilines is 1. The maximum absolute atomic E-state index is 12.5. The van der Waals surface area contributed by atoms with E-state index in [9.17, 15) is 4.79 Å². The molecule has 1 N–H and O–H groups in total. The summed E-state index contributed by atoms with van der Waals surface area (Å²) in [7, 11) is 3.57. The van der Waals surface area contributed by atoms with Crippen LogP contribution < -0.4 is 10.1 Å². The summed E-state index contributed by atoms with van der Waals surface area (Å²) in [6, 6.07) is 7.09. The Kier molecular flexibility index (Phi) is 4.86. The fourth-order valence-corrected chi connectivity index (χ4v) is 4.23. The van der Waals surface area contributed by atoms with Gasteiger partial charge in [0, 0.05) is 36.2 Å². The van der Waals surface area contributed by atoms with E-state index in [1.165, 1.54) is 11.3 Å². The molecule has 0 saturated carbocycles. The highest BCUT2D eigenvalue weighted by Crippen LogP contribution is 2.39. The van der Waals surface area contributed by atoms with Gasteiger partial charge in [-0.15, -0.1) is 5.10 Å². The summed E-state index contributed by atoms with van der Waals surface area (Å²) in [6.07, 6.45) is 1.80. The van der Waals surface area contributed by atoms with Crippen LogP contribution in [0.3, 0.4) is 0 Å². The molecule has 8 nitrogen and oxygen atoms in total. The van der Waals surface area contributed by atoms with E-state index in [1.54, 1.807) is 31.4 Å². The smallest absolute Gasteiger partial charge is 0.258 e. The number of carbonyl (C=O) groups is 1. The molecule has 8 heteroatoms. The summed E-state index contributed by atoms with van der Waals surface area (Å²) < 4.78 is 9.02. The van der Waals surface area contributed by atoms with Crippen LogP contribution in [0.1, 0.15) is 58.4 Å². The Morgan fingerprint density at radius 1 is 1.21 bits per heavy atom. The zero-order chi connectivity index (χ0) is 20.7. The minimum atomic E-state index is -0.237. The Labute approximate surface area is 169 Å². The van der Waals surface area contributed by atoms with E-state index < -0.39 is 0 Å². The number of rotatable bonds is 4. The van der Waals surface area contributed by atoms with Gasteiger partial charge in [-0.3, -0.25) is 14.8 Å². The minimum Gasteiger partial charge on any atom is -0.497 e. The number of nitrogens with one attached hydrogen (secondary N) is 1. The molecule has 3 aromatic rings. The van der Waals surface area contributed by atoms with Gasteiger partial charge < -0.3 is 4.74 Å². The van der Waals surface area contributed by atoms with E-state index in [0.717, 1.165) is 24.4 Å². The van der Waals surface area contributed by atoms with E-state index in [1.807, 2.05) is 16.4 Å². The molecule has 2 aromatic heterocycles. The molecular formula is C21H26N6O2. The molecule has 1 amide bonds. The van der Waals surface area contributed by atoms with E-state index in [4.69, 9.17) is 4.74 Å². The predicted molar refractivity (Wildman–Crippen MR) is 109 cm³/mol. The van der Waals surface area contributed by atoms with Crippen LogP contribution in [0.2, 0.25) is 0 Å². The van der Waals surface area contributed by atoms with Crippen molar-refractivity contribution in [1.29, 1.82) is 0 Å². The van der Waals surface area contributed by atoms with Crippen molar-refractivity contribution in [2.24, 2.45) is 7.05 Å². The van der Waals surface area contributed by atoms with Crippen LogP contribution >= 0.6 is 0 Å². The maximum Gasteiger partial charge on any atom is 0.258 e. The van der Waals surface area contributed by atoms with Gasteiger partial charge in [0.1, 0.15) is 11.6 Å². The number of ether oxygens (including phenoxy) is 1. The number of hydrogen-bond donors (Lipinski definition) is 1. The second kappa shape index (κ2) is 7.35. The average Bonchev–Trinajstić information content (AvgIpc) is 3.23. The van der Waals surface area contributed by atoms with E-state index >= 15 is 0 Å². The van der Waals surface area contributed by atoms with Crippen LogP contribution in [0.15, 0.2) is 24.3 Å². The molecule has 2 unspecified atom stereocenters. The molecule has 1 aromatic carbocycles. The van der Waals surface area contributed by atoms with Crippen molar-refractivity contribution < 1.29 is 9.53 Å². The fourth-order valence-electron chi connectivity index (χ4n) is 4.23. The molecule has 0 bridgehead atoms. The van der Waals surface area contributed by atoms with Gasteiger partial charge in [-0.25, -0.2) is 4.68 Å². The lowest BCUT2D eigenvalue weighted by atomic mass is 9.84. The van der Waals surface area contributed by atoms with Gasteiger partial charge in [0.05, 0.1) is 18.8 Å². The molecule has 0 saturated heterocycles. The monoisotopic (exact) mass is 394 g/mol. The molecule has 29 heavy (non-hydrogen) atoms. The lowest BCUT2D eigenvalue weighted by molar-refractivity contribution is 0.102. The lowest BCUT2D eigenvalue weighted by Crippen LogP contribution is -2.25. The third-order valence-corrected chi connectivity index (χ3v) is 5.86. The van der Waals surface area contributed by atoms with E-state index in [0.29, 0.717) is 23.2 Å². The second-order valence-corrected chi connectivity index (χ2v) is 7.57. The quantitative estimate of drug-likeness (QED) is 0.734. The first-order chi connectivity index (χ1) is 13.9. The van der Waals surface area contributed by atoms with Crippen molar-refractivity contribution in [3.05, 3.63) is 52.6 Å². The van der Waals surface area contributed by atoms with Crippen LogP contribution in [0, 0.1) is 13.8 Å². The highest BCUT2D eigenvalue weighted by molar-refractivity contribution is 6.03. The van der Waals surface area contributed by atoms with Crippen LogP contribution in [0.25, 0.3) is 0 Å². The van der Waals surface area contributed by atoms with Gasteiger partial charge in [-0.2, -0.15) is 10.1 Å². The molecule has 0 radical (unpaired) electrons. The molecule has 0 fully saturated rings. The van der Waals surface area contributed by atoms with Gasteiger partial charge in [-0.1, -0.05) is 0 Å². The van der Waals surface area contributed by atoms with Gasteiger partial charge >= 0.3 is 0 Å². The summed E-state index contributed by atoms with van der Waals surface area (Å²) >= 11 is 0. The van der Waals surface area contributed by atoms with Crippen LogP contribution in [0.5, 0.6) is 5.75 Å². The van der Waals surface area contributed by atoms with Gasteiger partial charge in [-0.05, 0) is 51.5 Å². The average molecular weight is 394 g/mol. The third kappa shape index (κ3) is 3.39. The van der Waals surface area contributed by atoms with Crippen molar-refractivity contribution in [3.8, 4) is 5.75 Å². The predicted octanol–water partition coefficient (Wildman–Crippen LogP) is 3.18. The van der Waals surface area contributed by atoms with E-state index in [-0.39, 0.29) is 11.9 Å². The Bertz CT molecular complexity index is 1050. The zero-order valence-corrected chi connectivity index (χ0v) is 17.4. The van der Waals surface area contributed by atoms with Crippen LogP contribution in [-0.2, 0) is 13.5 Å². The number of fused-ring (bicyclic) bond motifs is 1. The second-order valence-electron chi connectivity index (χ2n) is 7.57. The Balaban J connectivity index is 1.55. The summed E-state index contributed by atoms with van der Waals surface area (Å²) in [5.41, 5.74) is 4.09. The number of hydrogen-bond acceptors (Lipinski definition) is 5. The number of benzene rings is 1. The summed E-state index contributed by atoms with van der Waals surface area (Å²) in [6.45, 7) is 6.33. The molecule has 1 aliphatic heterocycles. The highest BCUT2D eigenvalue weighted by atomic mass is 16.5. The first-order valence-corrected chi connectivity index (χ1v) is 9.80. The molecule has 4 rings (SSSR count). The van der Waals surface area contributed by atoms with E-state index in [2.05, 4.69) is 41.3 Å². The molecule has 1 aliphatic rings. The Morgan fingerprint density at radius 2 is 1.93 bits per heavy atom. The Hall–Kier alpha value is -3.16. The topological polar surface area (TPSA) is 86.9 Å². The number of amides is 1. The number of aromatic nitrogens is 5. The van der Waals surface area contributed by atoms with Crippen LogP contribution in [-0.4, -0.2) is 37.6 Å². The van der Waals surface area contributed by atoms with Crippen molar-refractivity contribution in [2.75, 3.05) is 12.4 Å². The fraction of sp³-hybridized carbons (Fsp3) is 0.429. The normalized spacial score (nSPS) is 18.4. The largest absolute Gasteiger partial charge is 0.497 e. The first kappa shape index (κ1) is 19.2. The third-order valence-electron chi connectivity index (χ3n) is 5.86.